The molecule has 84 valence electrons. The van der Waals surface area contributed by atoms with E-state index in [2.05, 4.69) is 14.5 Å². The molecule has 7 nitrogen and oxygen atoms in total. The van der Waals surface area contributed by atoms with Crippen molar-refractivity contribution >= 4 is 5.69 Å². The minimum absolute atomic E-state index is 0.376. The van der Waals surface area contributed by atoms with Crippen LogP contribution in [0.5, 0.6) is 11.8 Å². The molecule has 0 atom stereocenters. The van der Waals surface area contributed by atoms with Crippen LogP contribution in [0.4, 0.5) is 10.1 Å². The van der Waals surface area contributed by atoms with Crippen molar-refractivity contribution in [3.8, 4) is 17.8 Å². The summed E-state index contributed by atoms with van der Waals surface area (Å²) < 4.78 is 22.4. The lowest BCUT2D eigenvalue weighted by Crippen LogP contribution is -2.03. The highest BCUT2D eigenvalue weighted by molar-refractivity contribution is 5.43. The van der Waals surface area contributed by atoms with Gasteiger partial charge < -0.3 is 9.47 Å². The van der Waals surface area contributed by atoms with Crippen molar-refractivity contribution in [1.29, 1.82) is 5.26 Å². The average Bonchev–Trinajstić information content (AvgIpc) is 2.26. The van der Waals surface area contributed by atoms with Crippen LogP contribution in [0.1, 0.15) is 0 Å². The first-order valence-corrected chi connectivity index (χ1v) is 3.98. The van der Waals surface area contributed by atoms with E-state index >= 15 is 0 Å². The number of hydrogen-bond acceptors (Lipinski definition) is 6. The molecule has 0 aliphatic rings. The van der Waals surface area contributed by atoms with Crippen LogP contribution in [0.15, 0.2) is 6.07 Å². The molecule has 8 heteroatoms. The quantitative estimate of drug-likeness (QED) is 0.562. The Hall–Kier alpha value is -2.43. The maximum Gasteiger partial charge on any atom is 0.334 e. The fourth-order valence-electron chi connectivity index (χ4n) is 0.929. The number of nitriles is 1. The lowest BCUT2D eigenvalue weighted by atomic mass is 10.4. The first-order chi connectivity index (χ1) is 7.60. The summed E-state index contributed by atoms with van der Waals surface area (Å²) in [4.78, 5) is 13.1. The van der Waals surface area contributed by atoms with Crippen LogP contribution in [-0.2, 0) is 0 Å². The van der Waals surface area contributed by atoms with Crippen molar-refractivity contribution in [3.63, 3.8) is 0 Å². The Morgan fingerprint density at radius 3 is 2.88 bits per heavy atom. The molecule has 1 aromatic heterocycles. The van der Waals surface area contributed by atoms with Crippen molar-refractivity contribution in [3.05, 3.63) is 22.0 Å². The van der Waals surface area contributed by atoms with Crippen molar-refractivity contribution in [2.24, 2.45) is 0 Å². The molecule has 1 heterocycles. The fourth-order valence-corrected chi connectivity index (χ4v) is 0.929. The summed E-state index contributed by atoms with van der Waals surface area (Å²) in [6.07, 6.45) is 0. The zero-order valence-electron chi connectivity index (χ0n) is 8.14. The van der Waals surface area contributed by atoms with E-state index in [0.29, 0.717) is 6.07 Å². The first kappa shape index (κ1) is 11.6. The van der Waals surface area contributed by atoms with Crippen LogP contribution in [0, 0.1) is 27.3 Å². The number of methoxy groups -OCH3 is 1. The van der Waals surface area contributed by atoms with Crippen LogP contribution in [-0.4, -0.2) is 23.6 Å². The molecule has 0 aliphatic heterocycles. The lowest BCUT2D eigenvalue weighted by Gasteiger charge is -2.05. The zero-order valence-corrected chi connectivity index (χ0v) is 8.14. The summed E-state index contributed by atoms with van der Waals surface area (Å²) in [5, 5.41) is 18.7. The van der Waals surface area contributed by atoms with E-state index in [1.807, 2.05) is 0 Å². The molecule has 0 spiro atoms. The van der Waals surface area contributed by atoms with Gasteiger partial charge in [0.1, 0.15) is 6.07 Å². The van der Waals surface area contributed by atoms with Crippen molar-refractivity contribution in [2.45, 2.75) is 0 Å². The predicted molar refractivity (Wildman–Crippen MR) is 48.5 cm³/mol. The highest BCUT2D eigenvalue weighted by Gasteiger charge is 2.21. The summed E-state index contributed by atoms with van der Waals surface area (Å²) in [6, 6.07) is 2.24. The van der Waals surface area contributed by atoms with E-state index in [4.69, 9.17) is 5.26 Å². The third-order valence-electron chi connectivity index (χ3n) is 1.55. The van der Waals surface area contributed by atoms with E-state index in [1.54, 1.807) is 6.07 Å². The van der Waals surface area contributed by atoms with Gasteiger partial charge in [0, 0.05) is 0 Å². The largest absolute Gasteiger partial charge is 0.476 e. The molecular weight excluding hydrogens is 221 g/mol. The van der Waals surface area contributed by atoms with Crippen LogP contribution < -0.4 is 9.47 Å². The lowest BCUT2D eigenvalue weighted by molar-refractivity contribution is -0.386. The van der Waals surface area contributed by atoms with Gasteiger partial charge >= 0.3 is 5.69 Å². The van der Waals surface area contributed by atoms with Crippen molar-refractivity contribution in [1.82, 2.24) is 4.98 Å². The number of aromatic nitrogens is 1. The monoisotopic (exact) mass is 227 g/mol. The summed E-state index contributed by atoms with van der Waals surface area (Å²) in [7, 11) is 1.15. The first-order valence-electron chi connectivity index (χ1n) is 3.98. The molecule has 0 saturated carbocycles. The Bertz CT molecular complexity index is 457. The van der Waals surface area contributed by atoms with Gasteiger partial charge in [0.2, 0.25) is 0 Å². The maximum atomic E-state index is 13.2. The molecule has 0 aliphatic carbocycles. The number of rotatable bonds is 4. The molecule has 0 N–H and O–H groups in total. The van der Waals surface area contributed by atoms with Crippen LogP contribution in [0.2, 0.25) is 0 Å². The smallest absolute Gasteiger partial charge is 0.334 e. The highest BCUT2D eigenvalue weighted by Crippen LogP contribution is 2.29. The van der Waals surface area contributed by atoms with E-state index in [1.165, 1.54) is 0 Å². The van der Waals surface area contributed by atoms with Gasteiger partial charge in [-0.3, -0.25) is 10.1 Å². The SMILES string of the molecule is COc1nc(OCC#N)c(F)cc1[N+](=O)[O-]. The summed E-state index contributed by atoms with van der Waals surface area (Å²) >= 11 is 0. The molecule has 0 amide bonds. The number of nitro groups is 1. The number of pyridine rings is 1. The summed E-state index contributed by atoms with van der Waals surface area (Å²) in [5.74, 6) is -1.91. The Morgan fingerprint density at radius 2 is 2.38 bits per heavy atom. The minimum Gasteiger partial charge on any atom is -0.476 e. The molecular formula is C8H6FN3O4. The second-order valence-electron chi connectivity index (χ2n) is 2.51. The standard InChI is InChI=1S/C8H6FN3O4/c1-15-8-6(12(13)14)4-5(9)7(11-8)16-3-2-10/h4H,3H2,1H3. The Balaban J connectivity index is 3.16. The molecule has 0 aromatic carbocycles. The Morgan fingerprint density at radius 1 is 1.69 bits per heavy atom. The zero-order chi connectivity index (χ0) is 12.1. The summed E-state index contributed by atoms with van der Waals surface area (Å²) in [5.41, 5.74) is -0.607. The molecule has 1 rings (SSSR count). The van der Waals surface area contributed by atoms with Crippen LogP contribution >= 0.6 is 0 Å². The summed E-state index contributed by atoms with van der Waals surface area (Å²) in [6.45, 7) is -0.412. The topological polar surface area (TPSA) is 98.3 Å². The number of ether oxygens (including phenoxy) is 2. The van der Waals surface area contributed by atoms with Gasteiger partial charge in [-0.25, -0.2) is 4.39 Å². The van der Waals surface area contributed by atoms with E-state index in [9.17, 15) is 14.5 Å². The maximum absolute atomic E-state index is 13.2. The minimum atomic E-state index is -1.03. The number of nitrogens with zero attached hydrogens (tertiary/aromatic N) is 3. The van der Waals surface area contributed by atoms with Gasteiger partial charge in [-0.1, -0.05) is 0 Å². The molecule has 0 radical (unpaired) electrons. The Kier molecular flexibility index (Phi) is 3.55. The van der Waals surface area contributed by atoms with Gasteiger partial charge in [-0.05, 0) is 0 Å². The second kappa shape index (κ2) is 4.88. The second-order valence-corrected chi connectivity index (χ2v) is 2.51. The van der Waals surface area contributed by atoms with Gasteiger partial charge in [-0.2, -0.15) is 10.2 Å². The molecule has 0 unspecified atom stereocenters. The van der Waals surface area contributed by atoms with Crippen molar-refractivity contribution in [2.75, 3.05) is 13.7 Å². The van der Waals surface area contributed by atoms with Gasteiger partial charge in [0.15, 0.2) is 12.4 Å². The van der Waals surface area contributed by atoms with Gasteiger partial charge in [0.05, 0.1) is 18.1 Å². The van der Waals surface area contributed by atoms with Crippen LogP contribution in [0.3, 0.4) is 0 Å². The Labute approximate surface area is 89.2 Å². The van der Waals surface area contributed by atoms with E-state index in [0.717, 1.165) is 7.11 Å². The fraction of sp³-hybridized carbons (Fsp3) is 0.250. The van der Waals surface area contributed by atoms with Crippen molar-refractivity contribution < 1.29 is 18.8 Å². The molecule has 16 heavy (non-hydrogen) atoms. The third-order valence-corrected chi connectivity index (χ3v) is 1.55. The molecule has 0 saturated heterocycles. The van der Waals surface area contributed by atoms with Gasteiger partial charge in [0.25, 0.3) is 11.8 Å². The van der Waals surface area contributed by atoms with Crippen LogP contribution in [0.25, 0.3) is 0 Å². The molecule has 0 fully saturated rings. The number of hydrogen-bond donors (Lipinski definition) is 0. The number of halogens is 1. The normalized spacial score (nSPS) is 9.31. The van der Waals surface area contributed by atoms with E-state index < -0.39 is 28.9 Å². The average molecular weight is 227 g/mol. The highest BCUT2D eigenvalue weighted by atomic mass is 19.1. The molecule has 0 bridgehead atoms. The van der Waals surface area contributed by atoms with E-state index in [-0.39, 0.29) is 5.88 Å². The third kappa shape index (κ3) is 2.33. The van der Waals surface area contributed by atoms with Gasteiger partial charge in [-0.15, -0.1) is 0 Å². The predicted octanol–water partition coefficient (Wildman–Crippen LogP) is 1.04. The molecule has 1 aromatic rings.